The van der Waals surface area contributed by atoms with E-state index in [1.54, 1.807) is 24.3 Å². The van der Waals surface area contributed by atoms with E-state index >= 15 is 0 Å². The number of imide groups is 1. The van der Waals surface area contributed by atoms with Crippen LogP contribution in [0.1, 0.15) is 5.56 Å². The molecule has 1 atom stereocenters. The third kappa shape index (κ3) is 2.53. The van der Waals surface area contributed by atoms with Crippen LogP contribution in [0.15, 0.2) is 48.0 Å². The van der Waals surface area contributed by atoms with Gasteiger partial charge in [0.05, 0.1) is 31.2 Å². The first-order valence-electron chi connectivity index (χ1n) is 8.08. The number of hydrogen-bond acceptors (Lipinski definition) is 6. The molecule has 27 heavy (non-hydrogen) atoms. The van der Waals surface area contributed by atoms with Gasteiger partial charge in [-0.1, -0.05) is 12.1 Å². The number of carbonyl (C=O) groups is 2. The zero-order chi connectivity index (χ0) is 19.1. The van der Waals surface area contributed by atoms with Crippen LogP contribution in [0, 0.1) is 5.82 Å². The van der Waals surface area contributed by atoms with E-state index in [4.69, 9.17) is 14.3 Å². The summed E-state index contributed by atoms with van der Waals surface area (Å²) in [5.41, 5.74) is 3.55. The van der Waals surface area contributed by atoms with Crippen LogP contribution >= 0.6 is 0 Å². The number of rotatable bonds is 4. The fourth-order valence-electron chi connectivity index (χ4n) is 3.16. The molecule has 0 unspecified atom stereocenters. The number of hydroxylamine groups is 1. The van der Waals surface area contributed by atoms with Crippen LogP contribution in [-0.2, 0) is 14.4 Å². The number of benzene rings is 2. The number of nitrogens with one attached hydrogen (secondary N) is 1. The third-order valence-corrected chi connectivity index (χ3v) is 4.45. The molecule has 2 aromatic rings. The molecule has 2 aliphatic heterocycles. The van der Waals surface area contributed by atoms with E-state index in [0.29, 0.717) is 22.8 Å². The molecule has 0 aromatic heterocycles. The number of amides is 2. The van der Waals surface area contributed by atoms with Crippen molar-refractivity contribution in [2.75, 3.05) is 19.1 Å². The Hall–Kier alpha value is -3.39. The molecule has 0 saturated carbocycles. The van der Waals surface area contributed by atoms with Crippen molar-refractivity contribution in [3.63, 3.8) is 0 Å². The molecule has 1 N–H and O–H groups in total. The van der Waals surface area contributed by atoms with Crippen molar-refractivity contribution in [1.29, 1.82) is 0 Å². The first kappa shape index (κ1) is 17.0. The van der Waals surface area contributed by atoms with Crippen LogP contribution in [0.5, 0.6) is 11.5 Å². The number of carbonyl (C=O) groups excluding carboxylic acids is 2. The van der Waals surface area contributed by atoms with Crippen molar-refractivity contribution in [3.8, 4) is 11.5 Å². The third-order valence-electron chi connectivity index (χ3n) is 4.45. The first-order chi connectivity index (χ1) is 13.1. The summed E-state index contributed by atoms with van der Waals surface area (Å²) >= 11 is 0. The molecule has 7 nitrogen and oxygen atoms in total. The lowest BCUT2D eigenvalue weighted by Crippen LogP contribution is -2.35. The Morgan fingerprint density at radius 2 is 1.81 bits per heavy atom. The standard InChI is InChI=1S/C19H15FN2O5/c1-25-13-8-7-10(9-14(13)26-2)16-15-17(27-21-16)19(24)22(18(15)23)12-6-4-3-5-11(12)20/h3-9,17,21H,1-2H3/t17-/m0/s1. The Bertz CT molecular complexity index is 988. The monoisotopic (exact) mass is 370 g/mol. The molecule has 4 rings (SSSR count). The maximum Gasteiger partial charge on any atom is 0.270 e. The quantitative estimate of drug-likeness (QED) is 0.830. The highest BCUT2D eigenvalue weighted by Crippen LogP contribution is 2.38. The number of anilines is 1. The Kier molecular flexibility index (Phi) is 4.04. The highest BCUT2D eigenvalue weighted by atomic mass is 19.1. The molecule has 2 aliphatic rings. The zero-order valence-electron chi connectivity index (χ0n) is 14.5. The number of ether oxygens (including phenoxy) is 2. The summed E-state index contributed by atoms with van der Waals surface area (Å²) in [5.74, 6) is -0.978. The van der Waals surface area contributed by atoms with Gasteiger partial charge in [0.25, 0.3) is 11.8 Å². The Balaban J connectivity index is 1.80. The minimum atomic E-state index is -1.14. The van der Waals surface area contributed by atoms with E-state index in [1.165, 1.54) is 32.4 Å². The molecule has 0 spiro atoms. The lowest BCUT2D eigenvalue weighted by atomic mass is 10.0. The van der Waals surface area contributed by atoms with Gasteiger partial charge in [0.2, 0.25) is 0 Å². The molecule has 2 aromatic carbocycles. The second-order valence-corrected chi connectivity index (χ2v) is 5.89. The molecule has 2 heterocycles. The van der Waals surface area contributed by atoms with E-state index in [0.717, 1.165) is 4.90 Å². The van der Waals surface area contributed by atoms with Gasteiger partial charge in [-0.05, 0) is 30.3 Å². The van der Waals surface area contributed by atoms with Crippen molar-refractivity contribution < 1.29 is 28.3 Å². The van der Waals surface area contributed by atoms with E-state index < -0.39 is 23.7 Å². The predicted molar refractivity (Wildman–Crippen MR) is 93.4 cm³/mol. The number of halogens is 1. The lowest BCUT2D eigenvalue weighted by molar-refractivity contribution is -0.127. The summed E-state index contributed by atoms with van der Waals surface area (Å²) in [6, 6.07) is 10.6. The van der Waals surface area contributed by atoms with Crippen molar-refractivity contribution in [2.45, 2.75) is 6.10 Å². The molecule has 0 aliphatic carbocycles. The largest absolute Gasteiger partial charge is 0.493 e. The van der Waals surface area contributed by atoms with Crippen LogP contribution in [0.3, 0.4) is 0 Å². The Morgan fingerprint density at radius 3 is 2.52 bits per heavy atom. The van der Waals surface area contributed by atoms with Gasteiger partial charge in [-0.25, -0.2) is 9.29 Å². The number of hydrogen-bond donors (Lipinski definition) is 1. The highest BCUT2D eigenvalue weighted by molar-refractivity contribution is 6.33. The molecule has 0 bridgehead atoms. The summed E-state index contributed by atoms with van der Waals surface area (Å²) in [6.45, 7) is 0. The number of para-hydroxylation sites is 1. The summed E-state index contributed by atoms with van der Waals surface area (Å²) < 4.78 is 24.6. The summed E-state index contributed by atoms with van der Waals surface area (Å²) in [5, 5.41) is 0. The van der Waals surface area contributed by atoms with Crippen LogP contribution < -0.4 is 19.9 Å². The summed E-state index contributed by atoms with van der Waals surface area (Å²) in [7, 11) is 3.00. The molecular weight excluding hydrogens is 355 g/mol. The van der Waals surface area contributed by atoms with E-state index in [1.807, 2.05) is 0 Å². The number of fused-ring (bicyclic) bond motifs is 1. The normalized spacial score (nSPS) is 18.6. The van der Waals surface area contributed by atoms with Crippen LogP contribution in [-0.4, -0.2) is 32.1 Å². The van der Waals surface area contributed by atoms with Crippen molar-refractivity contribution in [3.05, 3.63) is 59.4 Å². The van der Waals surface area contributed by atoms with Gasteiger partial charge in [-0.3, -0.25) is 19.9 Å². The van der Waals surface area contributed by atoms with E-state index in [9.17, 15) is 14.0 Å². The van der Waals surface area contributed by atoms with Crippen molar-refractivity contribution >= 4 is 23.2 Å². The molecule has 0 radical (unpaired) electrons. The van der Waals surface area contributed by atoms with Gasteiger partial charge in [0.1, 0.15) is 5.82 Å². The van der Waals surface area contributed by atoms with Crippen molar-refractivity contribution in [1.82, 2.24) is 5.48 Å². The molecule has 1 saturated heterocycles. The lowest BCUT2D eigenvalue weighted by Gasteiger charge is -2.16. The molecule has 1 fully saturated rings. The average molecular weight is 370 g/mol. The SMILES string of the molecule is COc1ccc(C2=C3C(=O)N(c4ccccc4F)C(=O)[C@H]3ON2)cc1OC. The van der Waals surface area contributed by atoms with Crippen LogP contribution in [0.25, 0.3) is 5.70 Å². The molecule has 2 amide bonds. The molecule has 8 heteroatoms. The minimum Gasteiger partial charge on any atom is -0.493 e. The Morgan fingerprint density at radius 1 is 1.07 bits per heavy atom. The van der Waals surface area contributed by atoms with E-state index in [-0.39, 0.29) is 11.3 Å². The van der Waals surface area contributed by atoms with Gasteiger partial charge in [0.15, 0.2) is 17.6 Å². The van der Waals surface area contributed by atoms with Crippen LogP contribution in [0.4, 0.5) is 10.1 Å². The number of methoxy groups -OCH3 is 2. The Labute approximate surface area is 153 Å². The van der Waals surface area contributed by atoms with Gasteiger partial charge < -0.3 is 9.47 Å². The minimum absolute atomic E-state index is 0.107. The van der Waals surface area contributed by atoms with Gasteiger partial charge >= 0.3 is 0 Å². The highest BCUT2D eigenvalue weighted by Gasteiger charge is 2.51. The van der Waals surface area contributed by atoms with Gasteiger partial charge in [0, 0.05) is 5.56 Å². The summed E-state index contributed by atoms with van der Waals surface area (Å²) in [6.07, 6.45) is -1.14. The summed E-state index contributed by atoms with van der Waals surface area (Å²) in [4.78, 5) is 31.7. The maximum absolute atomic E-state index is 14.1. The van der Waals surface area contributed by atoms with Gasteiger partial charge in [-0.2, -0.15) is 0 Å². The van der Waals surface area contributed by atoms with Crippen molar-refractivity contribution in [2.24, 2.45) is 0 Å². The fraction of sp³-hybridized carbons (Fsp3) is 0.158. The first-order valence-corrected chi connectivity index (χ1v) is 8.08. The number of nitrogens with zero attached hydrogens (tertiary/aromatic N) is 1. The maximum atomic E-state index is 14.1. The van der Waals surface area contributed by atoms with E-state index in [2.05, 4.69) is 5.48 Å². The average Bonchev–Trinajstić information content (AvgIpc) is 3.22. The smallest absolute Gasteiger partial charge is 0.270 e. The zero-order valence-corrected chi connectivity index (χ0v) is 14.5. The second kappa shape index (κ2) is 6.40. The molecule has 138 valence electrons. The topological polar surface area (TPSA) is 77.1 Å². The van der Waals surface area contributed by atoms with Crippen LogP contribution in [0.2, 0.25) is 0 Å². The second-order valence-electron chi connectivity index (χ2n) is 5.89. The predicted octanol–water partition coefficient (Wildman–Crippen LogP) is 2.03. The molecular formula is C19H15FN2O5. The van der Waals surface area contributed by atoms with Gasteiger partial charge in [-0.15, -0.1) is 0 Å². The fourth-order valence-corrected chi connectivity index (χ4v) is 3.16.